The third kappa shape index (κ3) is 4.08. The average Bonchev–Trinajstić information content (AvgIpc) is 2.41. The lowest BCUT2D eigenvalue weighted by atomic mass is 9.85. The highest BCUT2D eigenvalue weighted by Gasteiger charge is 2.21. The van der Waals surface area contributed by atoms with Gasteiger partial charge in [0.05, 0.1) is 6.54 Å². The van der Waals surface area contributed by atoms with Crippen LogP contribution in [-0.4, -0.2) is 36.6 Å². The van der Waals surface area contributed by atoms with E-state index in [4.69, 9.17) is 0 Å². The van der Waals surface area contributed by atoms with Crippen LogP contribution in [0.15, 0.2) is 29.2 Å². The van der Waals surface area contributed by atoms with E-state index in [-0.39, 0.29) is 5.78 Å². The monoisotopic (exact) mass is 277 g/mol. The smallest absolute Gasteiger partial charge is 0.176 e. The molecule has 0 unspecified atom stereocenters. The maximum atomic E-state index is 12.3. The number of benzene rings is 1. The van der Waals surface area contributed by atoms with Gasteiger partial charge >= 0.3 is 0 Å². The maximum absolute atomic E-state index is 12.3. The van der Waals surface area contributed by atoms with E-state index in [1.165, 1.54) is 24.2 Å². The van der Waals surface area contributed by atoms with Gasteiger partial charge in [-0.1, -0.05) is 25.5 Å². The van der Waals surface area contributed by atoms with Gasteiger partial charge in [-0.3, -0.25) is 9.69 Å². The molecule has 1 aromatic carbocycles. The Labute approximate surface area is 120 Å². The van der Waals surface area contributed by atoms with Crippen LogP contribution >= 0.6 is 11.8 Å². The number of ketones is 1. The molecule has 3 heteroatoms. The number of hydrogen-bond acceptors (Lipinski definition) is 3. The van der Waals surface area contributed by atoms with Crippen molar-refractivity contribution in [2.24, 2.45) is 5.92 Å². The third-order valence-electron chi connectivity index (χ3n) is 3.97. The average molecular weight is 277 g/mol. The predicted octanol–water partition coefficient (Wildman–Crippen LogP) is 3.71. The number of carbonyl (C=O) groups excluding carboxylic acids is 1. The molecule has 1 aromatic rings. The van der Waals surface area contributed by atoms with Gasteiger partial charge < -0.3 is 0 Å². The highest BCUT2D eigenvalue weighted by atomic mass is 32.2. The molecule has 104 valence electrons. The first kappa shape index (κ1) is 14.6. The van der Waals surface area contributed by atoms with Crippen LogP contribution in [0.1, 0.15) is 36.5 Å². The molecule has 0 N–H and O–H groups in total. The number of carbonyl (C=O) groups is 1. The van der Waals surface area contributed by atoms with Crippen LogP contribution in [0.3, 0.4) is 0 Å². The van der Waals surface area contributed by atoms with E-state index in [2.05, 4.69) is 11.8 Å². The van der Waals surface area contributed by atoms with Crippen molar-refractivity contribution >= 4 is 17.5 Å². The summed E-state index contributed by atoms with van der Waals surface area (Å²) in [5.41, 5.74) is 0.838. The largest absolute Gasteiger partial charge is 0.296 e. The second-order valence-corrected chi connectivity index (χ2v) is 6.16. The molecule has 0 heterocycles. The van der Waals surface area contributed by atoms with E-state index in [1.54, 1.807) is 11.8 Å². The van der Waals surface area contributed by atoms with Gasteiger partial charge in [0.25, 0.3) is 0 Å². The molecule has 0 radical (unpaired) electrons. The van der Waals surface area contributed by atoms with Crippen LogP contribution in [-0.2, 0) is 0 Å². The first-order valence-electron chi connectivity index (χ1n) is 7.12. The molecule has 2 nitrogen and oxygen atoms in total. The summed E-state index contributed by atoms with van der Waals surface area (Å²) in [4.78, 5) is 15.7. The predicted molar refractivity (Wildman–Crippen MR) is 82.0 cm³/mol. The van der Waals surface area contributed by atoms with Gasteiger partial charge in [0, 0.05) is 17.0 Å². The molecule has 1 saturated carbocycles. The summed E-state index contributed by atoms with van der Waals surface area (Å²) in [6, 6.07) is 7.96. The van der Waals surface area contributed by atoms with E-state index in [1.807, 2.05) is 30.5 Å². The topological polar surface area (TPSA) is 20.3 Å². The molecule has 1 aliphatic carbocycles. The van der Waals surface area contributed by atoms with Crippen molar-refractivity contribution in [2.45, 2.75) is 31.1 Å². The lowest BCUT2D eigenvalue weighted by Crippen LogP contribution is -2.36. The lowest BCUT2D eigenvalue weighted by molar-refractivity contribution is 0.0905. The summed E-state index contributed by atoms with van der Waals surface area (Å²) in [5.74, 6) is 1.07. The highest BCUT2D eigenvalue weighted by Crippen LogP contribution is 2.27. The zero-order valence-corrected chi connectivity index (χ0v) is 12.7. The van der Waals surface area contributed by atoms with Crippen molar-refractivity contribution in [3.8, 4) is 0 Å². The zero-order chi connectivity index (χ0) is 13.7. The summed E-state index contributed by atoms with van der Waals surface area (Å²) in [6.07, 6.45) is 6.10. The summed E-state index contributed by atoms with van der Waals surface area (Å²) in [5, 5.41) is 0. The molecule has 0 aromatic heterocycles. The molecule has 1 aliphatic rings. The number of nitrogens with zero attached hydrogens (tertiary/aromatic N) is 1. The Bertz CT molecular complexity index is 411. The van der Waals surface area contributed by atoms with Crippen LogP contribution in [0.2, 0.25) is 0 Å². The molecule has 0 amide bonds. The fraction of sp³-hybridized carbons (Fsp3) is 0.562. The first-order chi connectivity index (χ1) is 9.22. The van der Waals surface area contributed by atoms with Gasteiger partial charge in [0.1, 0.15) is 0 Å². The minimum atomic E-state index is 0.244. The van der Waals surface area contributed by atoms with Crippen molar-refractivity contribution in [1.29, 1.82) is 0 Å². The maximum Gasteiger partial charge on any atom is 0.176 e. The summed E-state index contributed by atoms with van der Waals surface area (Å²) >= 11 is 1.70. The third-order valence-corrected chi connectivity index (χ3v) is 4.71. The minimum absolute atomic E-state index is 0.244. The van der Waals surface area contributed by atoms with Crippen LogP contribution in [0.25, 0.3) is 0 Å². The molecule has 0 atom stereocenters. The Balaban J connectivity index is 1.89. The molecule has 0 saturated heterocycles. The van der Waals surface area contributed by atoms with Crippen molar-refractivity contribution in [1.82, 2.24) is 4.90 Å². The summed E-state index contributed by atoms with van der Waals surface area (Å²) in [7, 11) is 0. The van der Waals surface area contributed by atoms with E-state index < -0.39 is 0 Å². The highest BCUT2D eigenvalue weighted by molar-refractivity contribution is 7.98. The van der Waals surface area contributed by atoms with Gasteiger partial charge in [-0.15, -0.1) is 11.8 Å². The van der Waals surface area contributed by atoms with E-state index >= 15 is 0 Å². The van der Waals surface area contributed by atoms with Gasteiger partial charge in [-0.05, 0) is 43.7 Å². The molecule has 1 fully saturated rings. The second kappa shape index (κ2) is 7.11. The second-order valence-electron chi connectivity index (χ2n) is 5.28. The van der Waals surface area contributed by atoms with Crippen LogP contribution < -0.4 is 0 Å². The fourth-order valence-corrected chi connectivity index (χ4v) is 2.83. The van der Waals surface area contributed by atoms with Crippen LogP contribution in [0.4, 0.5) is 0 Å². The molecule has 0 aliphatic heterocycles. The minimum Gasteiger partial charge on any atom is -0.296 e. The van der Waals surface area contributed by atoms with Crippen LogP contribution in [0, 0.1) is 5.92 Å². The number of thioether (sulfide) groups is 1. The Morgan fingerprint density at radius 1 is 1.32 bits per heavy atom. The Morgan fingerprint density at radius 3 is 2.47 bits per heavy atom. The Kier molecular flexibility index (Phi) is 5.46. The number of rotatable bonds is 7. The normalized spacial score (nSPS) is 15.5. The van der Waals surface area contributed by atoms with E-state index in [0.717, 1.165) is 24.6 Å². The quantitative estimate of drug-likeness (QED) is 0.560. The van der Waals surface area contributed by atoms with Gasteiger partial charge in [0.2, 0.25) is 0 Å². The van der Waals surface area contributed by atoms with Crippen LogP contribution in [0.5, 0.6) is 0 Å². The van der Waals surface area contributed by atoms with Gasteiger partial charge in [-0.25, -0.2) is 0 Å². The molecule has 0 spiro atoms. The lowest BCUT2D eigenvalue weighted by Gasteiger charge is -2.31. The van der Waals surface area contributed by atoms with Crippen molar-refractivity contribution in [3.05, 3.63) is 29.8 Å². The SMILES string of the molecule is CCN(CC(=O)c1ccc(SC)cc1)CC1CCC1. The molecule has 0 bridgehead atoms. The summed E-state index contributed by atoms with van der Waals surface area (Å²) < 4.78 is 0. The molecule has 19 heavy (non-hydrogen) atoms. The van der Waals surface area contributed by atoms with Crippen molar-refractivity contribution in [3.63, 3.8) is 0 Å². The number of likely N-dealkylation sites (N-methyl/N-ethyl adjacent to an activating group) is 1. The van der Waals surface area contributed by atoms with Crippen molar-refractivity contribution in [2.75, 3.05) is 25.9 Å². The zero-order valence-electron chi connectivity index (χ0n) is 11.9. The van der Waals surface area contributed by atoms with Crippen molar-refractivity contribution < 1.29 is 4.79 Å². The fourth-order valence-electron chi connectivity index (χ4n) is 2.42. The van der Waals surface area contributed by atoms with Gasteiger partial charge in [0.15, 0.2) is 5.78 Å². The number of Topliss-reactive ketones (excluding diaryl/α,β-unsaturated/α-hetero) is 1. The van der Waals surface area contributed by atoms with Gasteiger partial charge in [-0.2, -0.15) is 0 Å². The molecular formula is C16H23NOS. The molecular weight excluding hydrogens is 254 g/mol. The van der Waals surface area contributed by atoms with E-state index in [0.29, 0.717) is 6.54 Å². The molecule has 2 rings (SSSR count). The van der Waals surface area contributed by atoms with E-state index in [9.17, 15) is 4.79 Å². The summed E-state index contributed by atoms with van der Waals surface area (Å²) in [6.45, 7) is 4.75. The first-order valence-corrected chi connectivity index (χ1v) is 8.35. The standard InChI is InChI=1S/C16H23NOS/c1-3-17(11-13-5-4-6-13)12-16(18)14-7-9-15(19-2)10-8-14/h7-10,13H,3-6,11-12H2,1-2H3. The Hall–Kier alpha value is -0.800. The number of hydrogen-bond donors (Lipinski definition) is 0. The Morgan fingerprint density at radius 2 is 2.00 bits per heavy atom.